The van der Waals surface area contributed by atoms with Gasteiger partial charge in [-0.1, -0.05) is 0 Å². The van der Waals surface area contributed by atoms with Crippen LogP contribution in [0, 0.1) is 0 Å². The summed E-state index contributed by atoms with van der Waals surface area (Å²) >= 11 is 0.236. The van der Waals surface area contributed by atoms with Crippen molar-refractivity contribution in [2.45, 2.75) is 24.5 Å². The molecule has 1 aliphatic rings. The zero-order valence-electron chi connectivity index (χ0n) is 7.15. The van der Waals surface area contributed by atoms with Crippen LogP contribution in [0.2, 0.25) is 4.22 Å². The molecule has 0 aromatic heterocycles. The average molecular weight is 262 g/mol. The zero-order chi connectivity index (χ0) is 6.69. The van der Waals surface area contributed by atoms with E-state index in [2.05, 4.69) is 32.1 Å². The largest absolute Gasteiger partial charge is 1.00 e. The molecule has 0 spiro atoms. The first kappa shape index (κ1) is 18.8. The first-order valence-corrected chi connectivity index (χ1v) is 5.09. The van der Waals surface area contributed by atoms with Gasteiger partial charge in [0.25, 0.3) is 0 Å². The number of hydrogen-bond acceptors (Lipinski definition) is 0. The maximum atomic E-state index is 2.32. The van der Waals surface area contributed by atoms with Crippen molar-refractivity contribution < 1.29 is 56.4 Å². The molecule has 0 aliphatic heterocycles. The van der Waals surface area contributed by atoms with Crippen LogP contribution in [0.5, 0.6) is 0 Å². The minimum Gasteiger partial charge on any atom is -1.00 e. The fourth-order valence-electron chi connectivity index (χ4n) is 0.925. The fourth-order valence-corrected chi connectivity index (χ4v) is 2.75. The molecule has 0 aromatic rings. The normalized spacial score (nSPS) is 12.1. The van der Waals surface area contributed by atoms with E-state index in [4.69, 9.17) is 0 Å². The Morgan fingerprint density at radius 3 is 2.17 bits per heavy atom. The van der Waals surface area contributed by atoms with Crippen molar-refractivity contribution in [3.63, 3.8) is 0 Å². The Kier molecular flexibility index (Phi) is 15.9. The van der Waals surface area contributed by atoms with Gasteiger partial charge in [0.05, 0.1) is 0 Å². The molecular weight excluding hydrogens is 250 g/mol. The smallest absolute Gasteiger partial charge is 1.00 e. The van der Waals surface area contributed by atoms with E-state index in [1.165, 1.54) is 6.42 Å². The van der Waals surface area contributed by atoms with Gasteiger partial charge in [0.1, 0.15) is 0 Å². The van der Waals surface area contributed by atoms with Gasteiger partial charge in [0, 0.05) is 0 Å². The maximum Gasteiger partial charge on any atom is -1.00 e. The third-order valence-electron chi connectivity index (χ3n) is 1.25. The average Bonchev–Trinajstić information content (AvgIpc) is 2.15. The van der Waals surface area contributed by atoms with Crippen molar-refractivity contribution in [3.8, 4) is 0 Å². The van der Waals surface area contributed by atoms with Gasteiger partial charge in [-0.05, 0) is 0 Å². The Balaban J connectivity index is -0.000000270. The van der Waals surface area contributed by atoms with Crippen LogP contribution < -0.4 is 37.2 Å². The number of allylic oxidation sites excluding steroid dienone is 4. The molecule has 4 heteroatoms. The van der Waals surface area contributed by atoms with Gasteiger partial charge in [-0.3, -0.25) is 0 Å². The third kappa shape index (κ3) is 7.70. The molecular formula is C8H12Cl3Ti. The summed E-state index contributed by atoms with van der Waals surface area (Å²) in [5.41, 5.74) is 0. The first-order chi connectivity index (χ1) is 4.29. The molecule has 0 bridgehead atoms. The van der Waals surface area contributed by atoms with E-state index in [0.29, 0.717) is 0 Å². The van der Waals surface area contributed by atoms with Gasteiger partial charge >= 0.3 is 65.7 Å². The molecule has 0 atom stereocenters. The summed E-state index contributed by atoms with van der Waals surface area (Å²) < 4.78 is 2.65. The molecule has 0 saturated heterocycles. The van der Waals surface area contributed by atoms with E-state index >= 15 is 0 Å². The summed E-state index contributed by atoms with van der Waals surface area (Å²) in [6, 6.07) is 0. The van der Waals surface area contributed by atoms with Crippen LogP contribution in [0.1, 0.15) is 20.3 Å². The summed E-state index contributed by atoms with van der Waals surface area (Å²) in [5.74, 6) is 0. The van der Waals surface area contributed by atoms with Crippen LogP contribution in [0.4, 0.5) is 0 Å². The second-order valence-corrected chi connectivity index (χ2v) is 5.88. The summed E-state index contributed by atoms with van der Waals surface area (Å²) in [4.78, 5) is 0. The van der Waals surface area contributed by atoms with Crippen molar-refractivity contribution >= 4 is 0 Å². The van der Waals surface area contributed by atoms with E-state index in [1.807, 2.05) is 0 Å². The van der Waals surface area contributed by atoms with Crippen LogP contribution >= 0.6 is 0 Å². The van der Waals surface area contributed by atoms with Crippen LogP contribution in [0.15, 0.2) is 22.1 Å². The Labute approximate surface area is 102 Å². The topological polar surface area (TPSA) is 0 Å². The van der Waals surface area contributed by atoms with Crippen molar-refractivity contribution in [1.82, 2.24) is 0 Å². The summed E-state index contributed by atoms with van der Waals surface area (Å²) in [7, 11) is 0. The molecule has 0 heterocycles. The molecule has 0 nitrogen and oxygen atoms in total. The molecule has 69 valence electrons. The van der Waals surface area contributed by atoms with Gasteiger partial charge in [-0.2, -0.15) is 0 Å². The monoisotopic (exact) mass is 261 g/mol. The zero-order valence-corrected chi connectivity index (χ0v) is 11.0. The molecule has 1 rings (SSSR count). The molecule has 0 saturated carbocycles. The van der Waals surface area contributed by atoms with Crippen molar-refractivity contribution in [2.24, 2.45) is 0 Å². The molecule has 0 fully saturated rings. The third-order valence-corrected chi connectivity index (χ3v) is 3.30. The summed E-state index contributed by atoms with van der Waals surface area (Å²) in [6.07, 6.45) is 7.97. The van der Waals surface area contributed by atoms with Crippen molar-refractivity contribution in [1.29, 1.82) is 0 Å². The Morgan fingerprint density at radius 1 is 1.25 bits per heavy atom. The SMILES string of the molecule is C[CH](C)[Ti+3][C]1=CC=CC1.[Cl-].[Cl-].[Cl-]. The van der Waals surface area contributed by atoms with Crippen LogP contribution in [0.25, 0.3) is 0 Å². The molecule has 0 N–H and O–H groups in total. The Bertz CT molecular complexity index is 152. The Hall–Kier alpha value is 1.06. The van der Waals surface area contributed by atoms with Gasteiger partial charge in [0.2, 0.25) is 0 Å². The number of halogens is 3. The second kappa shape index (κ2) is 10.1. The minimum atomic E-state index is 0. The molecule has 0 radical (unpaired) electrons. The predicted molar refractivity (Wildman–Crippen MR) is 36.9 cm³/mol. The van der Waals surface area contributed by atoms with E-state index in [-0.39, 0.29) is 56.4 Å². The number of hydrogen-bond donors (Lipinski definition) is 0. The van der Waals surface area contributed by atoms with Crippen LogP contribution in [-0.2, 0) is 19.2 Å². The molecule has 0 amide bonds. The number of rotatable bonds is 2. The van der Waals surface area contributed by atoms with Gasteiger partial charge in [-0.25, -0.2) is 0 Å². The molecule has 12 heavy (non-hydrogen) atoms. The molecule has 1 aliphatic carbocycles. The summed E-state index contributed by atoms with van der Waals surface area (Å²) in [5, 5.41) is 0. The van der Waals surface area contributed by atoms with E-state index in [1.54, 1.807) is 3.88 Å². The van der Waals surface area contributed by atoms with E-state index in [0.717, 1.165) is 4.22 Å². The van der Waals surface area contributed by atoms with Crippen LogP contribution in [-0.4, -0.2) is 0 Å². The Morgan fingerprint density at radius 2 is 1.83 bits per heavy atom. The van der Waals surface area contributed by atoms with Crippen molar-refractivity contribution in [3.05, 3.63) is 22.1 Å². The predicted octanol–water partition coefficient (Wildman–Crippen LogP) is -6.25. The maximum absolute atomic E-state index is 2.32. The van der Waals surface area contributed by atoms with E-state index in [9.17, 15) is 0 Å². The fraction of sp³-hybridized carbons (Fsp3) is 0.500. The quantitative estimate of drug-likeness (QED) is 0.435. The van der Waals surface area contributed by atoms with Gasteiger partial charge in [0.15, 0.2) is 0 Å². The molecule has 0 unspecified atom stereocenters. The van der Waals surface area contributed by atoms with Gasteiger partial charge < -0.3 is 37.2 Å². The minimum absolute atomic E-state index is 0. The second-order valence-electron chi connectivity index (χ2n) is 2.62. The molecule has 0 aromatic carbocycles. The summed E-state index contributed by atoms with van der Waals surface area (Å²) in [6.45, 7) is 4.64. The standard InChI is InChI=1S/C5H5.C3H7.3ClH.Ti/c1-2-4-5-3-1;1-3-2;;;;/h1-3H,4H2;3H,1-2H3;3*1H;/q;;;;;+3/p-3. The van der Waals surface area contributed by atoms with Crippen LogP contribution in [0.3, 0.4) is 0 Å². The van der Waals surface area contributed by atoms with Gasteiger partial charge in [-0.15, -0.1) is 0 Å². The van der Waals surface area contributed by atoms with E-state index < -0.39 is 0 Å². The first-order valence-electron chi connectivity index (χ1n) is 3.41. The van der Waals surface area contributed by atoms with Crippen molar-refractivity contribution in [2.75, 3.05) is 0 Å².